The number of anilines is 1. The molecule has 0 unspecified atom stereocenters. The number of hydrogen-bond acceptors (Lipinski definition) is 4. The van der Waals surface area contributed by atoms with Crippen LogP contribution in [0, 0.1) is 0 Å². The van der Waals surface area contributed by atoms with Gasteiger partial charge in [0.1, 0.15) is 5.82 Å². The number of nitrogens with zero attached hydrogens (tertiary/aromatic N) is 3. The van der Waals surface area contributed by atoms with Crippen molar-refractivity contribution >= 4 is 33.6 Å². The lowest BCUT2D eigenvalue weighted by Gasteiger charge is -2.43. The zero-order chi connectivity index (χ0) is 13.4. The van der Waals surface area contributed by atoms with Gasteiger partial charge in [-0.25, -0.2) is 4.98 Å². The average Bonchev–Trinajstić information content (AvgIpc) is 2.43. The first-order valence-electron chi connectivity index (χ1n) is 6.10. The van der Waals surface area contributed by atoms with Crippen LogP contribution in [0.3, 0.4) is 0 Å². The molecule has 6 nitrogen and oxygen atoms in total. The molecule has 2 amide bonds. The second kappa shape index (κ2) is 4.80. The van der Waals surface area contributed by atoms with E-state index in [1.807, 2.05) is 12.1 Å². The van der Waals surface area contributed by atoms with Crippen molar-refractivity contribution in [2.45, 2.75) is 6.04 Å². The number of nitrogens with one attached hydrogen (secondary N) is 1. The number of hydrogen-bond donors (Lipinski definition) is 1. The van der Waals surface area contributed by atoms with Crippen LogP contribution in [-0.4, -0.2) is 53.9 Å². The Labute approximate surface area is 118 Å². The summed E-state index contributed by atoms with van der Waals surface area (Å²) in [6.45, 7) is 2.47. The zero-order valence-corrected chi connectivity index (χ0v) is 11.8. The second-order valence-electron chi connectivity index (χ2n) is 4.64. The number of carbonyl (C=O) groups is 2. The molecular formula is C12H13BrN4O2. The molecule has 7 heteroatoms. The fourth-order valence-corrected chi connectivity index (χ4v) is 2.71. The van der Waals surface area contributed by atoms with Gasteiger partial charge in [-0.1, -0.05) is 0 Å². The highest BCUT2D eigenvalue weighted by molar-refractivity contribution is 9.10. The SMILES string of the molecule is O=C1NC[C@H]2CN(c3ccc(Br)cn3)CCN2C1=O. The van der Waals surface area contributed by atoms with Crippen molar-refractivity contribution in [1.29, 1.82) is 0 Å². The number of pyridine rings is 1. The van der Waals surface area contributed by atoms with Gasteiger partial charge in [0.15, 0.2) is 0 Å². The summed E-state index contributed by atoms with van der Waals surface area (Å²) in [6.07, 6.45) is 1.76. The highest BCUT2D eigenvalue weighted by Gasteiger charge is 2.37. The van der Waals surface area contributed by atoms with Crippen LogP contribution >= 0.6 is 15.9 Å². The van der Waals surface area contributed by atoms with E-state index in [1.54, 1.807) is 11.1 Å². The lowest BCUT2D eigenvalue weighted by Crippen LogP contribution is -2.65. The highest BCUT2D eigenvalue weighted by Crippen LogP contribution is 2.20. The van der Waals surface area contributed by atoms with E-state index in [9.17, 15) is 9.59 Å². The molecule has 1 aromatic heterocycles. The summed E-state index contributed by atoms with van der Waals surface area (Å²) in [4.78, 5) is 31.2. The van der Waals surface area contributed by atoms with E-state index in [0.717, 1.165) is 10.3 Å². The summed E-state index contributed by atoms with van der Waals surface area (Å²) < 4.78 is 0.940. The fraction of sp³-hybridized carbons (Fsp3) is 0.417. The first-order valence-corrected chi connectivity index (χ1v) is 6.90. The molecule has 100 valence electrons. The molecule has 1 aromatic rings. The van der Waals surface area contributed by atoms with Crippen molar-refractivity contribution in [2.24, 2.45) is 0 Å². The third-order valence-corrected chi connectivity index (χ3v) is 3.94. The Morgan fingerprint density at radius 2 is 2.16 bits per heavy atom. The van der Waals surface area contributed by atoms with Crippen molar-refractivity contribution in [3.63, 3.8) is 0 Å². The van der Waals surface area contributed by atoms with Crippen molar-refractivity contribution in [3.05, 3.63) is 22.8 Å². The van der Waals surface area contributed by atoms with Gasteiger partial charge in [-0.15, -0.1) is 0 Å². The van der Waals surface area contributed by atoms with E-state index < -0.39 is 11.8 Å². The molecule has 3 rings (SSSR count). The predicted molar refractivity (Wildman–Crippen MR) is 72.7 cm³/mol. The number of piperazine rings is 2. The van der Waals surface area contributed by atoms with Gasteiger partial charge in [0.05, 0.1) is 6.04 Å². The number of halogens is 1. The molecule has 2 fully saturated rings. The molecule has 0 saturated carbocycles. The number of rotatable bonds is 1. The Morgan fingerprint density at radius 1 is 1.32 bits per heavy atom. The minimum absolute atomic E-state index is 0.0318. The predicted octanol–water partition coefficient (Wildman–Crippen LogP) is -0.00890. The summed E-state index contributed by atoms with van der Waals surface area (Å²) in [7, 11) is 0. The summed E-state index contributed by atoms with van der Waals surface area (Å²) in [5.41, 5.74) is 0. The third-order valence-electron chi connectivity index (χ3n) is 3.47. The Kier molecular flexibility index (Phi) is 3.14. The normalized spacial score (nSPS) is 23.1. The van der Waals surface area contributed by atoms with Gasteiger partial charge in [-0.2, -0.15) is 0 Å². The first kappa shape index (κ1) is 12.4. The van der Waals surface area contributed by atoms with Crippen molar-refractivity contribution < 1.29 is 9.59 Å². The minimum Gasteiger partial charge on any atom is -0.353 e. The molecule has 0 aromatic carbocycles. The maximum Gasteiger partial charge on any atom is 0.312 e. The molecule has 2 saturated heterocycles. The second-order valence-corrected chi connectivity index (χ2v) is 5.56. The number of aromatic nitrogens is 1. The van der Waals surface area contributed by atoms with Gasteiger partial charge in [0, 0.05) is 36.8 Å². The van der Waals surface area contributed by atoms with E-state index in [-0.39, 0.29) is 6.04 Å². The zero-order valence-electron chi connectivity index (χ0n) is 10.2. The van der Waals surface area contributed by atoms with Crippen LogP contribution in [0.15, 0.2) is 22.8 Å². The summed E-state index contributed by atoms with van der Waals surface area (Å²) in [5, 5.41) is 2.63. The molecule has 1 atom stereocenters. The molecule has 2 aliphatic heterocycles. The lowest BCUT2D eigenvalue weighted by atomic mass is 10.1. The monoisotopic (exact) mass is 324 g/mol. The lowest BCUT2D eigenvalue weighted by molar-refractivity contribution is -0.150. The van der Waals surface area contributed by atoms with Crippen LogP contribution in [0.5, 0.6) is 0 Å². The fourth-order valence-electron chi connectivity index (χ4n) is 2.48. The maximum absolute atomic E-state index is 11.7. The van der Waals surface area contributed by atoms with Crippen molar-refractivity contribution in [1.82, 2.24) is 15.2 Å². The molecular weight excluding hydrogens is 312 g/mol. The number of carbonyl (C=O) groups excluding carboxylic acids is 2. The van der Waals surface area contributed by atoms with Crippen LogP contribution < -0.4 is 10.2 Å². The minimum atomic E-state index is -0.494. The van der Waals surface area contributed by atoms with E-state index in [4.69, 9.17) is 0 Å². The van der Waals surface area contributed by atoms with Gasteiger partial charge < -0.3 is 15.1 Å². The summed E-state index contributed by atoms with van der Waals surface area (Å²) in [5.74, 6) is -0.0154. The van der Waals surface area contributed by atoms with E-state index in [0.29, 0.717) is 26.2 Å². The van der Waals surface area contributed by atoms with Crippen LogP contribution in [0.25, 0.3) is 0 Å². The first-order chi connectivity index (χ1) is 9.15. The van der Waals surface area contributed by atoms with Crippen LogP contribution in [-0.2, 0) is 9.59 Å². The van der Waals surface area contributed by atoms with Gasteiger partial charge >= 0.3 is 11.8 Å². The number of amides is 2. The quantitative estimate of drug-likeness (QED) is 0.738. The van der Waals surface area contributed by atoms with Gasteiger partial charge in [-0.3, -0.25) is 9.59 Å². The molecule has 3 heterocycles. The molecule has 0 bridgehead atoms. The average molecular weight is 325 g/mol. The Morgan fingerprint density at radius 3 is 2.89 bits per heavy atom. The molecule has 2 aliphatic rings. The smallest absolute Gasteiger partial charge is 0.312 e. The molecule has 0 radical (unpaired) electrons. The highest BCUT2D eigenvalue weighted by atomic mass is 79.9. The maximum atomic E-state index is 11.7. The molecule has 0 spiro atoms. The van der Waals surface area contributed by atoms with E-state index in [1.165, 1.54) is 0 Å². The van der Waals surface area contributed by atoms with Crippen molar-refractivity contribution in [3.8, 4) is 0 Å². The van der Waals surface area contributed by atoms with Crippen LogP contribution in [0.1, 0.15) is 0 Å². The van der Waals surface area contributed by atoms with Gasteiger partial charge in [0.25, 0.3) is 0 Å². The van der Waals surface area contributed by atoms with Crippen LogP contribution in [0.2, 0.25) is 0 Å². The molecule has 1 N–H and O–H groups in total. The Bertz CT molecular complexity index is 519. The molecule has 19 heavy (non-hydrogen) atoms. The Hall–Kier alpha value is -1.63. The van der Waals surface area contributed by atoms with E-state index >= 15 is 0 Å². The van der Waals surface area contributed by atoms with E-state index in [2.05, 4.69) is 31.1 Å². The van der Waals surface area contributed by atoms with Gasteiger partial charge in [-0.05, 0) is 28.1 Å². The van der Waals surface area contributed by atoms with Gasteiger partial charge in [0.2, 0.25) is 0 Å². The standard InChI is InChI=1S/C12H13BrN4O2/c13-8-1-2-10(14-5-8)16-3-4-17-9(7-16)6-15-11(18)12(17)19/h1-2,5,9H,3-4,6-7H2,(H,15,18)/t9-/m0/s1. The topological polar surface area (TPSA) is 65.5 Å². The van der Waals surface area contributed by atoms with Crippen molar-refractivity contribution in [2.75, 3.05) is 31.1 Å². The van der Waals surface area contributed by atoms with Crippen LogP contribution in [0.4, 0.5) is 5.82 Å². The largest absolute Gasteiger partial charge is 0.353 e. The third kappa shape index (κ3) is 2.30. The summed E-state index contributed by atoms with van der Waals surface area (Å²) in [6, 6.07) is 3.93. The number of fused-ring (bicyclic) bond motifs is 1. The Balaban J connectivity index is 1.74. The molecule has 0 aliphatic carbocycles. The summed E-state index contributed by atoms with van der Waals surface area (Å²) >= 11 is 3.36.